The lowest BCUT2D eigenvalue weighted by Gasteiger charge is -2.48. The second-order valence-corrected chi connectivity index (χ2v) is 10.6. The van der Waals surface area contributed by atoms with Crippen molar-refractivity contribution >= 4 is 23.5 Å². The van der Waals surface area contributed by atoms with Crippen LogP contribution in [0.25, 0.3) is 11.1 Å². The lowest BCUT2D eigenvalue weighted by Crippen LogP contribution is -2.52. The maximum absolute atomic E-state index is 14.2. The molecule has 2 heterocycles. The number of nitrogens with zero attached hydrogens (tertiary/aromatic N) is 4. The van der Waals surface area contributed by atoms with Crippen molar-refractivity contribution in [2.75, 3.05) is 4.90 Å². The van der Waals surface area contributed by atoms with E-state index in [4.69, 9.17) is 0 Å². The van der Waals surface area contributed by atoms with E-state index in [-0.39, 0.29) is 54.7 Å². The highest BCUT2D eigenvalue weighted by atomic mass is 16.4. The summed E-state index contributed by atoms with van der Waals surface area (Å²) in [6.45, 7) is 0. The van der Waals surface area contributed by atoms with Crippen LogP contribution in [0.15, 0.2) is 60.9 Å². The molecule has 6 rings (SSSR count). The Morgan fingerprint density at radius 3 is 2.44 bits per heavy atom. The lowest BCUT2D eigenvalue weighted by molar-refractivity contribution is -0.142. The lowest BCUT2D eigenvalue weighted by atomic mass is 9.81. The number of carboxylic acids is 1. The fourth-order valence-corrected chi connectivity index (χ4v) is 6.36. The van der Waals surface area contributed by atoms with E-state index in [0.29, 0.717) is 11.1 Å². The molecule has 0 radical (unpaired) electrons. The van der Waals surface area contributed by atoms with Crippen LogP contribution in [0.3, 0.4) is 0 Å². The van der Waals surface area contributed by atoms with E-state index in [1.54, 1.807) is 6.07 Å². The van der Waals surface area contributed by atoms with E-state index >= 15 is 0 Å². The second kappa shape index (κ2) is 10.1. The molecule has 2 aromatic carbocycles. The van der Waals surface area contributed by atoms with Crippen molar-refractivity contribution in [3.05, 3.63) is 72.1 Å². The molecule has 3 atom stereocenters. The number of aromatic nitrogens is 2. The molecule has 9 nitrogen and oxygen atoms in total. The monoisotopic (exact) mass is 526 g/mol. The number of aromatic hydroxyl groups is 1. The van der Waals surface area contributed by atoms with Crippen molar-refractivity contribution < 1.29 is 24.6 Å². The highest BCUT2D eigenvalue weighted by Crippen LogP contribution is 2.53. The van der Waals surface area contributed by atoms with Gasteiger partial charge in [-0.1, -0.05) is 36.8 Å². The predicted octanol–water partition coefficient (Wildman–Crippen LogP) is 4.58. The van der Waals surface area contributed by atoms with E-state index in [0.717, 1.165) is 48.9 Å². The summed E-state index contributed by atoms with van der Waals surface area (Å²) in [7, 11) is 0. The Balaban J connectivity index is 1.38. The molecule has 3 aliphatic rings. The molecule has 1 aliphatic heterocycles. The Labute approximate surface area is 226 Å². The van der Waals surface area contributed by atoms with Crippen molar-refractivity contribution in [1.82, 2.24) is 14.9 Å². The summed E-state index contributed by atoms with van der Waals surface area (Å²) < 4.78 is 0. The summed E-state index contributed by atoms with van der Waals surface area (Å²) in [4.78, 5) is 50.4. The molecule has 9 heteroatoms. The average molecular weight is 527 g/mol. The van der Waals surface area contributed by atoms with Gasteiger partial charge in [0.25, 0.3) is 5.91 Å². The van der Waals surface area contributed by atoms with Crippen molar-refractivity contribution in [2.45, 2.75) is 63.1 Å². The molecule has 2 amide bonds. The Kier molecular flexibility index (Phi) is 6.50. The second-order valence-electron chi connectivity index (χ2n) is 10.6. The maximum Gasteiger partial charge on any atom is 0.313 e. The zero-order valence-electron chi connectivity index (χ0n) is 21.4. The Hall–Kier alpha value is -4.27. The van der Waals surface area contributed by atoms with Crippen LogP contribution in [0, 0.1) is 5.92 Å². The van der Waals surface area contributed by atoms with Gasteiger partial charge < -0.3 is 20.0 Å². The quantitative estimate of drug-likeness (QED) is 0.462. The van der Waals surface area contributed by atoms with Crippen molar-refractivity contribution in [3.8, 4) is 17.1 Å². The van der Waals surface area contributed by atoms with Crippen LogP contribution in [-0.2, 0) is 9.59 Å². The summed E-state index contributed by atoms with van der Waals surface area (Å²) in [6, 6.07) is 14.7. The number of anilines is 1. The number of benzene rings is 2. The molecule has 200 valence electrons. The standard InChI is InChI=1S/C30H30N4O5/c35-26(13-14-27(36)37)33(21-11-12-21)28-22-7-1-2-9-24(22)34(25-10-4-8-23(25)28)29(38)19-6-3-5-18(15-19)20-16-31-30(39)32-17-20/h1-3,5-7,9,15-17,21,23,25,28H,4,8,10-14H2,(H,36,37)(H,31,32,39). The number of amides is 2. The third-order valence-corrected chi connectivity index (χ3v) is 8.16. The largest absolute Gasteiger partial charge is 0.481 e. The van der Waals surface area contributed by atoms with Crippen molar-refractivity contribution in [2.24, 2.45) is 5.92 Å². The van der Waals surface area contributed by atoms with Gasteiger partial charge in [0.2, 0.25) is 5.91 Å². The topological polar surface area (TPSA) is 124 Å². The van der Waals surface area contributed by atoms with Crippen LogP contribution in [0.1, 0.15) is 66.9 Å². The van der Waals surface area contributed by atoms with Gasteiger partial charge in [0.1, 0.15) is 0 Å². The van der Waals surface area contributed by atoms with E-state index in [9.17, 15) is 24.6 Å². The van der Waals surface area contributed by atoms with Gasteiger partial charge in [-0.2, -0.15) is 0 Å². The number of aliphatic carboxylic acids is 1. The Morgan fingerprint density at radius 2 is 1.69 bits per heavy atom. The molecule has 0 spiro atoms. The zero-order chi connectivity index (χ0) is 27.1. The molecule has 0 bridgehead atoms. The van der Waals surface area contributed by atoms with E-state index in [1.165, 1.54) is 12.4 Å². The van der Waals surface area contributed by atoms with Gasteiger partial charge in [-0.25, -0.2) is 9.97 Å². The first-order valence-corrected chi connectivity index (χ1v) is 13.5. The fraction of sp³-hybridized carbons (Fsp3) is 0.367. The number of carbonyl (C=O) groups excluding carboxylic acids is 2. The number of rotatable bonds is 7. The van der Waals surface area contributed by atoms with Crippen molar-refractivity contribution in [1.29, 1.82) is 0 Å². The molecule has 2 aliphatic carbocycles. The number of hydrogen-bond donors (Lipinski definition) is 2. The van der Waals surface area contributed by atoms with Gasteiger partial charge in [0.15, 0.2) is 0 Å². The van der Waals surface area contributed by atoms with E-state index in [2.05, 4.69) is 9.97 Å². The van der Waals surface area contributed by atoms with Crippen LogP contribution in [-0.4, -0.2) is 54.9 Å². The normalized spacial score (nSPS) is 21.6. The molecule has 2 fully saturated rings. The van der Waals surface area contributed by atoms with Gasteiger partial charge in [-0.05, 0) is 55.0 Å². The SMILES string of the molecule is O=C(O)CCC(=O)N(C1CC1)C1c2ccccc2N(C(=O)c2cccc(-c3cnc(O)nc3)c2)C2CCCC21. The van der Waals surface area contributed by atoms with Crippen LogP contribution in [0.4, 0.5) is 5.69 Å². The minimum absolute atomic E-state index is 0.0156. The first kappa shape index (κ1) is 25.0. The van der Waals surface area contributed by atoms with Crippen LogP contribution < -0.4 is 4.90 Å². The third-order valence-electron chi connectivity index (χ3n) is 8.16. The molecule has 3 unspecified atom stereocenters. The molecular weight excluding hydrogens is 496 g/mol. The number of hydrogen-bond acceptors (Lipinski definition) is 6. The first-order valence-electron chi connectivity index (χ1n) is 13.5. The smallest absolute Gasteiger partial charge is 0.313 e. The molecule has 39 heavy (non-hydrogen) atoms. The number of fused-ring (bicyclic) bond motifs is 2. The van der Waals surface area contributed by atoms with Gasteiger partial charge in [-0.15, -0.1) is 0 Å². The average Bonchev–Trinajstić information content (AvgIpc) is 3.67. The number of carbonyl (C=O) groups is 3. The third kappa shape index (κ3) is 4.73. The Bertz CT molecular complexity index is 1420. The van der Waals surface area contributed by atoms with E-state index < -0.39 is 5.97 Å². The zero-order valence-corrected chi connectivity index (χ0v) is 21.4. The fourth-order valence-electron chi connectivity index (χ4n) is 6.36. The highest BCUT2D eigenvalue weighted by Gasteiger charge is 2.51. The predicted molar refractivity (Wildman–Crippen MR) is 143 cm³/mol. The highest BCUT2D eigenvalue weighted by molar-refractivity contribution is 6.08. The van der Waals surface area contributed by atoms with E-state index in [1.807, 2.05) is 52.3 Å². The molecule has 0 saturated heterocycles. The number of carboxylic acid groups (broad SMARTS) is 1. The minimum Gasteiger partial charge on any atom is -0.481 e. The summed E-state index contributed by atoms with van der Waals surface area (Å²) in [5.41, 5.74) is 3.77. The molecule has 2 saturated carbocycles. The van der Waals surface area contributed by atoms with Crippen LogP contribution in [0.5, 0.6) is 6.01 Å². The summed E-state index contributed by atoms with van der Waals surface area (Å²) in [5, 5.41) is 18.6. The summed E-state index contributed by atoms with van der Waals surface area (Å²) in [6.07, 6.45) is 7.38. The van der Waals surface area contributed by atoms with Gasteiger partial charge in [0.05, 0.1) is 12.5 Å². The first-order chi connectivity index (χ1) is 18.9. The van der Waals surface area contributed by atoms with Crippen LogP contribution in [0.2, 0.25) is 0 Å². The molecule has 2 N–H and O–H groups in total. The summed E-state index contributed by atoms with van der Waals surface area (Å²) >= 11 is 0. The molecule has 3 aromatic rings. The Morgan fingerprint density at radius 1 is 0.923 bits per heavy atom. The van der Waals surface area contributed by atoms with Gasteiger partial charge >= 0.3 is 12.0 Å². The maximum atomic E-state index is 14.2. The number of para-hydroxylation sites is 1. The van der Waals surface area contributed by atoms with Crippen LogP contribution >= 0.6 is 0 Å². The van der Waals surface area contributed by atoms with Gasteiger partial charge in [0, 0.05) is 53.6 Å². The summed E-state index contributed by atoms with van der Waals surface area (Å²) in [5.74, 6) is -1.12. The molecular formula is C30H30N4O5. The van der Waals surface area contributed by atoms with Crippen molar-refractivity contribution in [3.63, 3.8) is 0 Å². The van der Waals surface area contributed by atoms with Gasteiger partial charge in [-0.3, -0.25) is 14.4 Å². The minimum atomic E-state index is -0.972. The molecule has 1 aromatic heterocycles.